The van der Waals surface area contributed by atoms with E-state index in [1.54, 1.807) is 24.4 Å². The summed E-state index contributed by atoms with van der Waals surface area (Å²) < 4.78 is 14.1. The number of nitrogens with one attached hydrogen (secondary N) is 2. The van der Waals surface area contributed by atoms with E-state index in [0.29, 0.717) is 11.6 Å². The molecule has 0 bridgehead atoms. The van der Waals surface area contributed by atoms with Crippen LogP contribution in [0.15, 0.2) is 85.1 Å². The van der Waals surface area contributed by atoms with Crippen molar-refractivity contribution >= 4 is 17.4 Å². The Morgan fingerprint density at radius 2 is 1.67 bits per heavy atom. The highest BCUT2D eigenvalue weighted by molar-refractivity contribution is 5.93. The van der Waals surface area contributed by atoms with Crippen LogP contribution in [0.4, 0.5) is 15.9 Å². The van der Waals surface area contributed by atoms with Gasteiger partial charge in [-0.1, -0.05) is 48.5 Å². The van der Waals surface area contributed by atoms with Crippen molar-refractivity contribution < 1.29 is 9.18 Å². The van der Waals surface area contributed by atoms with Gasteiger partial charge in [-0.2, -0.15) is 0 Å². The lowest BCUT2D eigenvalue weighted by molar-refractivity contribution is 0.0945. The fourth-order valence-electron chi connectivity index (χ4n) is 2.81. The van der Waals surface area contributed by atoms with Crippen molar-refractivity contribution in [3.8, 4) is 11.4 Å². The molecule has 0 saturated heterocycles. The highest BCUT2D eigenvalue weighted by Crippen LogP contribution is 2.22. The summed E-state index contributed by atoms with van der Waals surface area (Å²) >= 11 is 0. The van der Waals surface area contributed by atoms with Gasteiger partial charge in [0.25, 0.3) is 5.91 Å². The molecule has 148 valence electrons. The van der Waals surface area contributed by atoms with Crippen molar-refractivity contribution in [3.05, 3.63) is 102 Å². The van der Waals surface area contributed by atoms with Crippen LogP contribution in [0.5, 0.6) is 0 Å². The van der Waals surface area contributed by atoms with Crippen LogP contribution >= 0.6 is 0 Å². The molecule has 0 saturated carbocycles. The molecular weight excluding hydrogens is 381 g/mol. The number of anilines is 2. The average Bonchev–Trinajstić information content (AvgIpc) is 2.80. The molecule has 2 aromatic heterocycles. The van der Waals surface area contributed by atoms with Gasteiger partial charge in [-0.25, -0.2) is 14.4 Å². The number of nitrogens with zero attached hydrogens (tertiary/aromatic N) is 3. The molecule has 2 aromatic carbocycles. The van der Waals surface area contributed by atoms with Crippen molar-refractivity contribution in [3.63, 3.8) is 0 Å². The van der Waals surface area contributed by atoms with E-state index < -0.39 is 5.82 Å². The Hall–Kier alpha value is -4.13. The lowest BCUT2D eigenvalue weighted by atomic mass is 10.2. The van der Waals surface area contributed by atoms with Crippen LogP contribution < -0.4 is 10.6 Å². The minimum absolute atomic E-state index is 0.165. The summed E-state index contributed by atoms with van der Waals surface area (Å²) in [5.74, 6) is -0.118. The van der Waals surface area contributed by atoms with Gasteiger partial charge in [0.15, 0.2) is 5.82 Å². The number of amides is 1. The third kappa shape index (κ3) is 4.64. The number of carbonyl (C=O) groups is 1. The Labute approximate surface area is 172 Å². The van der Waals surface area contributed by atoms with Crippen LogP contribution in [0.1, 0.15) is 16.2 Å². The molecule has 2 N–H and O–H groups in total. The molecule has 0 fully saturated rings. The lowest BCUT2D eigenvalue weighted by Gasteiger charge is -2.11. The van der Waals surface area contributed by atoms with E-state index >= 15 is 0 Å². The van der Waals surface area contributed by atoms with E-state index in [-0.39, 0.29) is 23.8 Å². The minimum Gasteiger partial charge on any atom is -0.345 e. The molecular formula is C23H18FN5O. The summed E-state index contributed by atoms with van der Waals surface area (Å²) in [6, 6.07) is 22.5. The largest absolute Gasteiger partial charge is 0.345 e. The predicted molar refractivity (Wildman–Crippen MR) is 113 cm³/mol. The maximum atomic E-state index is 14.1. The number of benzene rings is 2. The summed E-state index contributed by atoms with van der Waals surface area (Å²) in [6.45, 7) is 0.264. The molecule has 4 rings (SSSR count). The third-order valence-corrected chi connectivity index (χ3v) is 4.28. The number of hydrogen-bond acceptors (Lipinski definition) is 5. The number of halogens is 1. The van der Waals surface area contributed by atoms with Crippen molar-refractivity contribution in [2.75, 3.05) is 5.32 Å². The van der Waals surface area contributed by atoms with Crippen LogP contribution in [0, 0.1) is 5.82 Å². The first-order valence-corrected chi connectivity index (χ1v) is 9.33. The highest BCUT2D eigenvalue weighted by Gasteiger charge is 2.14. The summed E-state index contributed by atoms with van der Waals surface area (Å²) in [4.78, 5) is 25.8. The van der Waals surface area contributed by atoms with Crippen LogP contribution in [-0.4, -0.2) is 20.9 Å². The van der Waals surface area contributed by atoms with Crippen LogP contribution in [-0.2, 0) is 6.54 Å². The number of rotatable bonds is 6. The van der Waals surface area contributed by atoms with Crippen molar-refractivity contribution in [1.29, 1.82) is 0 Å². The maximum Gasteiger partial charge on any atom is 0.270 e. The normalized spacial score (nSPS) is 10.4. The van der Waals surface area contributed by atoms with Gasteiger partial charge in [0.1, 0.15) is 17.3 Å². The number of carbonyl (C=O) groups excluding carboxylic acids is 1. The van der Waals surface area contributed by atoms with Gasteiger partial charge in [-0.15, -0.1) is 0 Å². The molecule has 0 aliphatic rings. The van der Waals surface area contributed by atoms with E-state index in [1.807, 2.05) is 48.5 Å². The zero-order valence-corrected chi connectivity index (χ0v) is 15.9. The summed E-state index contributed by atoms with van der Waals surface area (Å²) in [6.07, 6.45) is 1.66. The minimum atomic E-state index is -0.418. The second kappa shape index (κ2) is 8.91. The molecule has 6 nitrogen and oxygen atoms in total. The van der Waals surface area contributed by atoms with Gasteiger partial charge in [0.2, 0.25) is 0 Å². The monoisotopic (exact) mass is 399 g/mol. The quantitative estimate of drug-likeness (QED) is 0.504. The topological polar surface area (TPSA) is 79.8 Å². The summed E-state index contributed by atoms with van der Waals surface area (Å²) in [5, 5.41) is 5.74. The molecule has 0 radical (unpaired) electrons. The van der Waals surface area contributed by atoms with Gasteiger partial charge in [-0.05, 0) is 24.3 Å². The molecule has 0 aliphatic carbocycles. The second-order valence-corrected chi connectivity index (χ2v) is 6.44. The van der Waals surface area contributed by atoms with E-state index in [2.05, 4.69) is 25.6 Å². The Kier molecular flexibility index (Phi) is 5.70. The van der Waals surface area contributed by atoms with Crippen LogP contribution in [0.25, 0.3) is 11.4 Å². The standard InChI is InChI=1S/C23H18FN5O/c24-18-11-4-5-12-19(18)27-21-14-20(23(30)26-15-17-10-6-7-13-25-17)28-22(29-21)16-8-2-1-3-9-16/h1-14H,15H2,(H,26,30)(H,27,28,29). The first-order valence-electron chi connectivity index (χ1n) is 9.33. The average molecular weight is 399 g/mol. The van der Waals surface area contributed by atoms with Crippen molar-refractivity contribution in [2.24, 2.45) is 0 Å². The summed E-state index contributed by atoms with van der Waals surface area (Å²) in [7, 11) is 0. The van der Waals surface area contributed by atoms with E-state index in [9.17, 15) is 9.18 Å². The van der Waals surface area contributed by atoms with Gasteiger partial charge in [0, 0.05) is 17.8 Å². The van der Waals surface area contributed by atoms with Crippen molar-refractivity contribution in [2.45, 2.75) is 6.54 Å². The Bertz CT molecular complexity index is 1150. The number of hydrogen-bond donors (Lipinski definition) is 2. The van der Waals surface area contributed by atoms with Crippen LogP contribution in [0.3, 0.4) is 0 Å². The number of para-hydroxylation sites is 1. The molecule has 0 unspecified atom stereocenters. The summed E-state index contributed by atoms with van der Waals surface area (Å²) in [5.41, 5.74) is 1.90. The van der Waals surface area contributed by atoms with Gasteiger partial charge in [0.05, 0.1) is 17.9 Å². The predicted octanol–water partition coefficient (Wildman–Crippen LogP) is 4.35. The first-order chi connectivity index (χ1) is 14.7. The fourth-order valence-corrected chi connectivity index (χ4v) is 2.81. The molecule has 0 atom stereocenters. The Morgan fingerprint density at radius 1 is 0.900 bits per heavy atom. The first kappa shape index (κ1) is 19.2. The zero-order chi connectivity index (χ0) is 20.8. The Morgan fingerprint density at radius 3 is 2.43 bits per heavy atom. The smallest absolute Gasteiger partial charge is 0.270 e. The van der Waals surface area contributed by atoms with Gasteiger partial charge in [-0.3, -0.25) is 9.78 Å². The SMILES string of the molecule is O=C(NCc1ccccn1)c1cc(Nc2ccccc2F)nc(-c2ccccc2)n1. The van der Waals surface area contributed by atoms with Gasteiger partial charge < -0.3 is 10.6 Å². The van der Waals surface area contributed by atoms with E-state index in [4.69, 9.17) is 0 Å². The molecule has 0 aliphatic heterocycles. The molecule has 30 heavy (non-hydrogen) atoms. The van der Waals surface area contributed by atoms with E-state index in [0.717, 1.165) is 11.3 Å². The molecule has 0 spiro atoms. The van der Waals surface area contributed by atoms with Crippen LogP contribution in [0.2, 0.25) is 0 Å². The third-order valence-electron chi connectivity index (χ3n) is 4.28. The number of pyridine rings is 1. The Balaban J connectivity index is 1.65. The highest BCUT2D eigenvalue weighted by atomic mass is 19.1. The maximum absolute atomic E-state index is 14.1. The fraction of sp³-hybridized carbons (Fsp3) is 0.0435. The number of aromatic nitrogens is 3. The molecule has 7 heteroatoms. The zero-order valence-electron chi connectivity index (χ0n) is 15.9. The molecule has 1 amide bonds. The second-order valence-electron chi connectivity index (χ2n) is 6.44. The molecule has 4 aromatic rings. The lowest BCUT2D eigenvalue weighted by Crippen LogP contribution is -2.24. The molecule has 2 heterocycles. The van der Waals surface area contributed by atoms with E-state index in [1.165, 1.54) is 12.1 Å². The van der Waals surface area contributed by atoms with Crippen molar-refractivity contribution in [1.82, 2.24) is 20.3 Å². The van der Waals surface area contributed by atoms with Gasteiger partial charge >= 0.3 is 0 Å².